The van der Waals surface area contributed by atoms with Crippen molar-refractivity contribution in [1.29, 1.82) is 0 Å². The van der Waals surface area contributed by atoms with E-state index in [1.54, 1.807) is 0 Å². The predicted molar refractivity (Wildman–Crippen MR) is 54.4 cm³/mol. The Labute approximate surface area is 90.1 Å². The van der Waals surface area contributed by atoms with E-state index in [0.29, 0.717) is 18.4 Å². The van der Waals surface area contributed by atoms with Gasteiger partial charge >= 0.3 is 5.97 Å². The van der Waals surface area contributed by atoms with Crippen molar-refractivity contribution in [3.05, 3.63) is 0 Å². The van der Waals surface area contributed by atoms with Crippen LogP contribution in [0.15, 0.2) is 0 Å². The molecule has 2 aliphatic heterocycles. The molecule has 4 unspecified atom stereocenters. The second-order valence-corrected chi connectivity index (χ2v) is 5.05. The molecule has 15 heavy (non-hydrogen) atoms. The molecule has 3 nitrogen and oxygen atoms in total. The summed E-state index contributed by atoms with van der Waals surface area (Å²) in [4.78, 5) is 11.3. The molecule has 0 amide bonds. The molecule has 0 radical (unpaired) electrons. The predicted octanol–water partition coefficient (Wildman–Crippen LogP) is 2.04. The molecule has 3 fully saturated rings. The molecule has 84 valence electrons. The smallest absolute Gasteiger partial charge is 0.306 e. The van der Waals surface area contributed by atoms with E-state index in [4.69, 9.17) is 9.47 Å². The number of ether oxygens (including phenoxy) is 2. The van der Waals surface area contributed by atoms with Crippen molar-refractivity contribution in [3.8, 4) is 0 Å². The van der Waals surface area contributed by atoms with Gasteiger partial charge in [-0.25, -0.2) is 0 Å². The summed E-state index contributed by atoms with van der Waals surface area (Å²) in [7, 11) is 0. The summed E-state index contributed by atoms with van der Waals surface area (Å²) < 4.78 is 11.0. The third-order valence-electron chi connectivity index (χ3n) is 3.92. The lowest BCUT2D eigenvalue weighted by Gasteiger charge is -2.16. The van der Waals surface area contributed by atoms with E-state index in [-0.39, 0.29) is 18.2 Å². The minimum Gasteiger partial charge on any atom is -0.459 e. The molecule has 0 spiro atoms. The molecule has 3 rings (SSSR count). The number of esters is 1. The number of carbonyl (C=O) groups excluding carboxylic acids is 1. The molecule has 2 saturated heterocycles. The van der Waals surface area contributed by atoms with Crippen LogP contribution in [0.4, 0.5) is 0 Å². The van der Waals surface area contributed by atoms with Gasteiger partial charge in [0.1, 0.15) is 12.2 Å². The van der Waals surface area contributed by atoms with Gasteiger partial charge in [0.25, 0.3) is 0 Å². The lowest BCUT2D eigenvalue weighted by atomic mass is 9.89. The minimum atomic E-state index is -0.0153. The summed E-state index contributed by atoms with van der Waals surface area (Å²) >= 11 is 0. The molecule has 0 aromatic heterocycles. The Bertz CT molecular complexity index is 264. The molecule has 4 atom stereocenters. The van der Waals surface area contributed by atoms with Gasteiger partial charge in [-0.2, -0.15) is 0 Å². The largest absolute Gasteiger partial charge is 0.459 e. The lowest BCUT2D eigenvalue weighted by Crippen LogP contribution is -2.24. The average molecular weight is 210 g/mol. The van der Waals surface area contributed by atoms with Gasteiger partial charge in [-0.1, -0.05) is 25.7 Å². The van der Waals surface area contributed by atoms with Crippen LogP contribution in [0.5, 0.6) is 0 Å². The Morgan fingerprint density at radius 3 is 2.67 bits per heavy atom. The third-order valence-corrected chi connectivity index (χ3v) is 3.92. The Balaban J connectivity index is 1.69. The first kappa shape index (κ1) is 9.64. The second kappa shape index (κ2) is 3.78. The van der Waals surface area contributed by atoms with Crippen molar-refractivity contribution in [2.75, 3.05) is 0 Å². The first-order valence-electron chi connectivity index (χ1n) is 6.19. The quantitative estimate of drug-likeness (QED) is 0.453. The van der Waals surface area contributed by atoms with E-state index < -0.39 is 0 Å². The molecule has 0 N–H and O–H groups in total. The molecule has 1 saturated carbocycles. The van der Waals surface area contributed by atoms with E-state index in [1.165, 1.54) is 25.7 Å². The summed E-state index contributed by atoms with van der Waals surface area (Å²) in [6.45, 7) is 0. The van der Waals surface area contributed by atoms with Crippen molar-refractivity contribution >= 4 is 5.97 Å². The number of hydrogen-bond donors (Lipinski definition) is 0. The highest BCUT2D eigenvalue weighted by Crippen LogP contribution is 2.41. The van der Waals surface area contributed by atoms with Crippen LogP contribution in [0.25, 0.3) is 0 Å². The summed E-state index contributed by atoms with van der Waals surface area (Å²) in [5.74, 6) is 0.420. The Morgan fingerprint density at radius 1 is 1.00 bits per heavy atom. The van der Waals surface area contributed by atoms with Gasteiger partial charge in [-0.15, -0.1) is 0 Å². The summed E-state index contributed by atoms with van der Waals surface area (Å²) in [5, 5.41) is 0. The van der Waals surface area contributed by atoms with Crippen molar-refractivity contribution in [2.45, 2.75) is 63.3 Å². The Morgan fingerprint density at radius 2 is 1.80 bits per heavy atom. The normalized spacial score (nSPS) is 45.2. The second-order valence-electron chi connectivity index (χ2n) is 5.05. The zero-order chi connectivity index (χ0) is 10.3. The standard InChI is InChI=1S/C12H18O3/c13-10-7-8-5-3-1-2-4-6-9-12(14-9)11(8)15-10/h8-9,11-12H,1-7H2. The van der Waals surface area contributed by atoms with Crippen LogP contribution in [0.3, 0.4) is 0 Å². The Hall–Kier alpha value is -0.570. The molecule has 3 heteroatoms. The van der Waals surface area contributed by atoms with Crippen LogP contribution in [-0.4, -0.2) is 24.3 Å². The molecule has 1 aliphatic carbocycles. The van der Waals surface area contributed by atoms with E-state index in [9.17, 15) is 4.79 Å². The van der Waals surface area contributed by atoms with Crippen LogP contribution in [0, 0.1) is 5.92 Å². The van der Waals surface area contributed by atoms with Crippen molar-refractivity contribution < 1.29 is 14.3 Å². The number of fused-ring (bicyclic) bond motifs is 3. The van der Waals surface area contributed by atoms with Crippen LogP contribution >= 0.6 is 0 Å². The monoisotopic (exact) mass is 210 g/mol. The number of epoxide rings is 1. The van der Waals surface area contributed by atoms with Crippen LogP contribution in [-0.2, 0) is 14.3 Å². The average Bonchev–Trinajstić information content (AvgIpc) is 2.89. The topological polar surface area (TPSA) is 38.8 Å². The zero-order valence-electron chi connectivity index (χ0n) is 8.98. The van der Waals surface area contributed by atoms with E-state index in [0.717, 1.165) is 12.8 Å². The summed E-state index contributed by atoms with van der Waals surface area (Å²) in [5.41, 5.74) is 0. The van der Waals surface area contributed by atoms with Crippen LogP contribution < -0.4 is 0 Å². The fraction of sp³-hybridized carbons (Fsp3) is 0.917. The van der Waals surface area contributed by atoms with Gasteiger partial charge in [0.15, 0.2) is 0 Å². The fourth-order valence-electron chi connectivity index (χ4n) is 3.01. The number of rotatable bonds is 0. The first-order chi connectivity index (χ1) is 7.34. The highest BCUT2D eigenvalue weighted by atomic mass is 16.6. The van der Waals surface area contributed by atoms with E-state index in [2.05, 4.69) is 0 Å². The number of carbonyl (C=O) groups is 1. The zero-order valence-corrected chi connectivity index (χ0v) is 8.98. The highest BCUT2D eigenvalue weighted by Gasteiger charge is 2.52. The van der Waals surface area contributed by atoms with Gasteiger partial charge in [-0.05, 0) is 12.8 Å². The van der Waals surface area contributed by atoms with Crippen LogP contribution in [0.1, 0.15) is 44.9 Å². The molecular formula is C12H18O3. The van der Waals surface area contributed by atoms with E-state index >= 15 is 0 Å². The lowest BCUT2D eigenvalue weighted by molar-refractivity contribution is -0.142. The highest BCUT2D eigenvalue weighted by molar-refractivity contribution is 5.72. The van der Waals surface area contributed by atoms with Crippen molar-refractivity contribution in [1.82, 2.24) is 0 Å². The van der Waals surface area contributed by atoms with Crippen molar-refractivity contribution in [2.24, 2.45) is 5.92 Å². The fourth-order valence-corrected chi connectivity index (χ4v) is 3.01. The molecule has 3 aliphatic rings. The summed E-state index contributed by atoms with van der Waals surface area (Å²) in [6, 6.07) is 0. The van der Waals surface area contributed by atoms with Crippen molar-refractivity contribution in [3.63, 3.8) is 0 Å². The maximum Gasteiger partial charge on any atom is 0.306 e. The molecular weight excluding hydrogens is 192 g/mol. The van der Waals surface area contributed by atoms with E-state index in [1.807, 2.05) is 0 Å². The van der Waals surface area contributed by atoms with Gasteiger partial charge < -0.3 is 9.47 Å². The Kier molecular flexibility index (Phi) is 2.43. The molecule has 2 heterocycles. The van der Waals surface area contributed by atoms with Gasteiger partial charge in [0.2, 0.25) is 0 Å². The van der Waals surface area contributed by atoms with Gasteiger partial charge in [0.05, 0.1) is 12.5 Å². The maximum absolute atomic E-state index is 11.3. The maximum atomic E-state index is 11.3. The third kappa shape index (κ3) is 1.89. The SMILES string of the molecule is O=C1CC2CCCCCCC3OC3C2O1. The minimum absolute atomic E-state index is 0.0153. The first-order valence-corrected chi connectivity index (χ1v) is 6.19. The molecule has 0 aromatic carbocycles. The number of hydrogen-bond acceptors (Lipinski definition) is 3. The molecule has 0 bridgehead atoms. The van der Waals surface area contributed by atoms with Gasteiger partial charge in [0, 0.05) is 5.92 Å². The summed E-state index contributed by atoms with van der Waals surface area (Å²) in [6.07, 6.45) is 8.77. The van der Waals surface area contributed by atoms with Crippen LogP contribution in [0.2, 0.25) is 0 Å². The molecule has 0 aromatic rings. The van der Waals surface area contributed by atoms with Gasteiger partial charge in [-0.3, -0.25) is 4.79 Å².